The minimum absolute atomic E-state index is 0.0977. The molecule has 2 rings (SSSR count). The van der Waals surface area contributed by atoms with Crippen molar-refractivity contribution < 1.29 is 9.63 Å². The van der Waals surface area contributed by atoms with E-state index in [9.17, 15) is 4.79 Å². The summed E-state index contributed by atoms with van der Waals surface area (Å²) in [6.07, 6.45) is 0.698. The molecule has 0 radical (unpaired) electrons. The maximum atomic E-state index is 10.9. The van der Waals surface area contributed by atoms with Gasteiger partial charge in [-0.3, -0.25) is 4.79 Å². The van der Waals surface area contributed by atoms with Crippen LogP contribution in [0.2, 0.25) is 0 Å². The van der Waals surface area contributed by atoms with E-state index in [-0.39, 0.29) is 18.2 Å². The minimum Gasteiger partial charge on any atom is -0.395 e. The second-order valence-electron chi connectivity index (χ2n) is 3.20. The highest BCUT2D eigenvalue weighted by molar-refractivity contribution is 6.50. The van der Waals surface area contributed by atoms with Gasteiger partial charge < -0.3 is 4.84 Å². The Kier molecular flexibility index (Phi) is 2.45. The summed E-state index contributed by atoms with van der Waals surface area (Å²) in [6.45, 7) is 0.514. The lowest BCUT2D eigenvalue weighted by Crippen LogP contribution is -2.10. The second kappa shape index (κ2) is 3.47. The summed E-state index contributed by atoms with van der Waals surface area (Å²) >= 11 is 11.5. The van der Waals surface area contributed by atoms with E-state index < -0.39 is 10.2 Å². The number of alkyl halides is 2. The third kappa shape index (κ3) is 2.04. The molecule has 1 unspecified atom stereocenters. The zero-order valence-electron chi connectivity index (χ0n) is 7.11. The van der Waals surface area contributed by atoms with Crippen LogP contribution in [-0.4, -0.2) is 29.1 Å². The SMILES string of the molecule is O=C1N=NCC1=NOCC1CC1(Cl)Cl. The van der Waals surface area contributed by atoms with Gasteiger partial charge in [0.25, 0.3) is 0 Å². The number of azo groups is 1. The molecule has 1 aliphatic carbocycles. The van der Waals surface area contributed by atoms with Gasteiger partial charge in [0.2, 0.25) is 0 Å². The van der Waals surface area contributed by atoms with Crippen LogP contribution in [0.5, 0.6) is 0 Å². The van der Waals surface area contributed by atoms with Gasteiger partial charge in [-0.2, -0.15) is 5.11 Å². The Balaban J connectivity index is 1.76. The molecule has 7 heteroatoms. The minimum atomic E-state index is -0.672. The second-order valence-corrected chi connectivity index (χ2v) is 4.74. The summed E-state index contributed by atoms with van der Waals surface area (Å²) in [5, 5.41) is 10.4. The van der Waals surface area contributed by atoms with Gasteiger partial charge in [0.1, 0.15) is 17.5 Å². The van der Waals surface area contributed by atoms with Crippen LogP contribution in [0.3, 0.4) is 0 Å². The highest BCUT2D eigenvalue weighted by atomic mass is 35.5. The number of rotatable bonds is 3. The Morgan fingerprint density at radius 3 is 2.86 bits per heavy atom. The van der Waals surface area contributed by atoms with Crippen LogP contribution in [0.4, 0.5) is 0 Å². The first kappa shape index (κ1) is 9.86. The van der Waals surface area contributed by atoms with Crippen LogP contribution in [0.25, 0.3) is 0 Å². The molecule has 0 N–H and O–H groups in total. The summed E-state index contributed by atoms with van der Waals surface area (Å²) in [5.74, 6) is -0.343. The van der Waals surface area contributed by atoms with Crippen LogP contribution < -0.4 is 0 Å². The lowest BCUT2D eigenvalue weighted by molar-refractivity contribution is -0.112. The Hall–Kier alpha value is -0.680. The van der Waals surface area contributed by atoms with Crippen LogP contribution in [0.15, 0.2) is 15.4 Å². The van der Waals surface area contributed by atoms with Crippen LogP contribution in [0.1, 0.15) is 6.42 Å². The molecular weight excluding hydrogens is 229 g/mol. The van der Waals surface area contributed by atoms with E-state index in [1.54, 1.807) is 0 Å². The van der Waals surface area contributed by atoms with E-state index in [0.717, 1.165) is 0 Å². The van der Waals surface area contributed by atoms with Gasteiger partial charge in [-0.15, -0.1) is 28.3 Å². The van der Waals surface area contributed by atoms with E-state index in [0.29, 0.717) is 13.0 Å². The Morgan fingerprint density at radius 1 is 1.64 bits per heavy atom. The average Bonchev–Trinajstić information content (AvgIpc) is 2.53. The van der Waals surface area contributed by atoms with Crippen molar-refractivity contribution in [1.82, 2.24) is 0 Å². The standard InChI is InChI=1S/C7H7Cl2N3O2/c8-7(9)1-4(7)3-14-12-5-2-10-11-6(5)13/h4H,1-3H2. The molecule has 0 aromatic heterocycles. The molecule has 0 bridgehead atoms. The van der Waals surface area contributed by atoms with Gasteiger partial charge in [-0.1, -0.05) is 5.16 Å². The summed E-state index contributed by atoms with van der Waals surface area (Å²) in [7, 11) is 0. The Morgan fingerprint density at radius 2 is 2.36 bits per heavy atom. The third-order valence-corrected chi connectivity index (χ3v) is 2.96. The molecule has 2 aliphatic rings. The van der Waals surface area contributed by atoms with E-state index in [4.69, 9.17) is 28.0 Å². The Bertz CT molecular complexity index is 327. The molecule has 1 saturated carbocycles. The first-order valence-corrected chi connectivity index (χ1v) is 4.83. The number of nitrogens with zero attached hydrogens (tertiary/aromatic N) is 3. The number of carbonyl (C=O) groups is 1. The van der Waals surface area contributed by atoms with Gasteiger partial charge in [-0.05, 0) is 6.42 Å². The lowest BCUT2D eigenvalue weighted by atomic mass is 10.4. The van der Waals surface area contributed by atoms with Gasteiger partial charge in [0, 0.05) is 5.92 Å². The first-order chi connectivity index (χ1) is 6.59. The smallest absolute Gasteiger partial charge is 0.314 e. The normalized spacial score (nSPS) is 31.1. The van der Waals surface area contributed by atoms with Crippen molar-refractivity contribution >= 4 is 34.8 Å². The fourth-order valence-corrected chi connectivity index (χ4v) is 1.51. The molecule has 1 aliphatic heterocycles. The molecule has 0 spiro atoms. The molecule has 1 atom stereocenters. The Labute approximate surface area is 90.1 Å². The van der Waals surface area contributed by atoms with Crippen molar-refractivity contribution in [2.45, 2.75) is 10.8 Å². The van der Waals surface area contributed by atoms with Crippen LogP contribution in [-0.2, 0) is 9.63 Å². The fraction of sp³-hybridized carbons (Fsp3) is 0.714. The van der Waals surface area contributed by atoms with Gasteiger partial charge >= 0.3 is 5.91 Å². The van der Waals surface area contributed by atoms with Crippen molar-refractivity contribution in [2.75, 3.05) is 13.2 Å². The number of carbonyl (C=O) groups excluding carboxylic acids is 1. The van der Waals surface area contributed by atoms with E-state index in [1.165, 1.54) is 0 Å². The van der Waals surface area contributed by atoms with E-state index in [1.807, 2.05) is 0 Å². The zero-order valence-corrected chi connectivity index (χ0v) is 8.62. The molecule has 0 saturated heterocycles. The van der Waals surface area contributed by atoms with Gasteiger partial charge in [0.15, 0.2) is 5.71 Å². The quantitative estimate of drug-likeness (QED) is 0.551. The summed E-state index contributed by atoms with van der Waals surface area (Å²) in [4.78, 5) is 15.8. The number of oxime groups is 1. The predicted octanol–water partition coefficient (Wildman–Crippen LogP) is 1.55. The van der Waals surface area contributed by atoms with Crippen molar-refractivity contribution in [1.29, 1.82) is 0 Å². The van der Waals surface area contributed by atoms with Crippen molar-refractivity contribution in [3.05, 3.63) is 0 Å². The average molecular weight is 236 g/mol. The number of hydrogen-bond donors (Lipinski definition) is 0. The molecule has 1 fully saturated rings. The van der Waals surface area contributed by atoms with Crippen molar-refractivity contribution in [3.63, 3.8) is 0 Å². The van der Waals surface area contributed by atoms with Crippen molar-refractivity contribution in [2.24, 2.45) is 21.3 Å². The topological polar surface area (TPSA) is 63.4 Å². The first-order valence-electron chi connectivity index (χ1n) is 4.08. The van der Waals surface area contributed by atoms with E-state index in [2.05, 4.69) is 15.4 Å². The summed E-state index contributed by atoms with van der Waals surface area (Å²) in [5.41, 5.74) is 0.223. The molecule has 0 aromatic rings. The number of hydrogen-bond acceptors (Lipinski definition) is 4. The molecule has 1 amide bonds. The molecule has 76 valence electrons. The fourth-order valence-electron chi connectivity index (χ4n) is 1.02. The predicted molar refractivity (Wildman–Crippen MR) is 50.7 cm³/mol. The molecule has 0 aromatic carbocycles. The molecule has 14 heavy (non-hydrogen) atoms. The number of amides is 1. The molecule has 1 heterocycles. The van der Waals surface area contributed by atoms with E-state index >= 15 is 0 Å². The molecular formula is C7H7Cl2N3O2. The molecule has 5 nitrogen and oxygen atoms in total. The lowest BCUT2D eigenvalue weighted by Gasteiger charge is -1.98. The highest BCUT2D eigenvalue weighted by Gasteiger charge is 2.52. The van der Waals surface area contributed by atoms with Gasteiger partial charge in [-0.25, -0.2) is 0 Å². The summed E-state index contributed by atoms with van der Waals surface area (Å²) in [6, 6.07) is 0. The van der Waals surface area contributed by atoms with Crippen LogP contribution >= 0.6 is 23.2 Å². The third-order valence-electron chi connectivity index (χ3n) is 2.04. The maximum absolute atomic E-state index is 10.9. The van der Waals surface area contributed by atoms with Gasteiger partial charge in [0.05, 0.1) is 0 Å². The maximum Gasteiger partial charge on any atom is 0.314 e. The van der Waals surface area contributed by atoms with Crippen LogP contribution in [0, 0.1) is 5.92 Å². The zero-order chi connectivity index (χ0) is 10.2. The number of halogens is 2. The van der Waals surface area contributed by atoms with Crippen molar-refractivity contribution in [3.8, 4) is 0 Å². The summed E-state index contributed by atoms with van der Waals surface area (Å²) < 4.78 is -0.672. The largest absolute Gasteiger partial charge is 0.395 e. The highest BCUT2D eigenvalue weighted by Crippen LogP contribution is 2.53. The monoisotopic (exact) mass is 235 g/mol.